The summed E-state index contributed by atoms with van der Waals surface area (Å²) in [6.45, 7) is 28.7. The van der Waals surface area contributed by atoms with Crippen molar-refractivity contribution in [2.75, 3.05) is 9.80 Å². The first-order chi connectivity index (χ1) is 47.6. The summed E-state index contributed by atoms with van der Waals surface area (Å²) in [6.07, 6.45) is 3.37. The van der Waals surface area contributed by atoms with Crippen LogP contribution in [-0.2, 0) is 48.1 Å². The van der Waals surface area contributed by atoms with Crippen molar-refractivity contribution in [3.8, 4) is 61.8 Å². The minimum Gasteiger partial charge on any atom is -0.509 e. The SMILES string of the molecule is [2H]c1c([2H])c([2H])c(-c2cnc(-n3c4[c-]c(Oc5[c-]c(N6[CH-]N(c7c(-c8ccc9c(c8)C(C)(C)CCC9(C)C)cc(C(C)(C)C)cc7-c7c([2H])c(-c8c([2H])c([2H])c([2H])c([2H])c8[2H])c([2H])c(C(C)(C)C)c7[2H])c7ccccc76)ccc5)ccc4c4c([2H])c([2H])c([2H])c([2H])c43)cc2C(C)(C)C)c([2H])c1[2H].[Pt]. The van der Waals surface area contributed by atoms with Crippen LogP contribution < -0.4 is 14.5 Å². The van der Waals surface area contributed by atoms with E-state index in [4.69, 9.17) is 23.4 Å². The van der Waals surface area contributed by atoms with Gasteiger partial charge in [0.25, 0.3) is 0 Å². The van der Waals surface area contributed by atoms with Crippen molar-refractivity contribution in [3.05, 3.63) is 247 Å². The maximum absolute atomic E-state index is 10.5. The Morgan fingerprint density at radius 3 is 1.83 bits per heavy atom. The van der Waals surface area contributed by atoms with Gasteiger partial charge >= 0.3 is 0 Å². The van der Waals surface area contributed by atoms with E-state index >= 15 is 0 Å². The standard InChI is InChI=1S/C80H77N4O.Pt/c1-76(2,3)57-42-55(52-25-16-14-17-26-52)41-56(43-57)65-46-58(77(4,5)6)45-64(54-35-38-67-69(44-54)80(12,13)40-39-79(67,10)11)75(65)83-51-82(71-33-22-23-34-72(71)83)59-29-24-30-60(47-59)85-61-36-37-63-62-31-20-21-32-70(62)84(73(63)48-61)74-49-68(78(7,8)9)66(50-81-74)53-27-18-15-19-28-53;/h14-38,41-46,49-51H,39-40H2,1-13H3;/q-3;/i14D,15D,16D,17D,18D,19D,20D,21D,25D,26D,27D,28D,31D,32D,41D,42D,43D;. The molecule has 0 unspecified atom stereocenters. The summed E-state index contributed by atoms with van der Waals surface area (Å²) < 4.78 is 163. The number of anilines is 4. The summed E-state index contributed by atoms with van der Waals surface area (Å²) in [7, 11) is 0. The average molecular weight is 1320 g/mol. The minimum absolute atomic E-state index is 0. The summed E-state index contributed by atoms with van der Waals surface area (Å²) in [6, 6.07) is 28.4. The van der Waals surface area contributed by atoms with Gasteiger partial charge in [0, 0.05) is 78.0 Å². The first-order valence-electron chi connectivity index (χ1n) is 37.4. The summed E-state index contributed by atoms with van der Waals surface area (Å²) in [5, 5.41) is 0.602. The number of aromatic nitrogens is 2. The summed E-state index contributed by atoms with van der Waals surface area (Å²) in [5.74, 6) is 0.618. The number of pyridine rings is 1. The van der Waals surface area contributed by atoms with E-state index in [0.29, 0.717) is 44.8 Å². The van der Waals surface area contributed by atoms with Crippen LogP contribution in [0.25, 0.3) is 72.1 Å². The van der Waals surface area contributed by atoms with Crippen LogP contribution in [0.3, 0.4) is 0 Å². The van der Waals surface area contributed by atoms with Gasteiger partial charge in [-0.1, -0.05) is 216 Å². The average Bonchev–Trinajstić information content (AvgIpc) is 1.71. The molecule has 6 heteroatoms. The maximum atomic E-state index is 10.5. The second kappa shape index (κ2) is 21.8. The number of hydrogen-bond donors (Lipinski definition) is 0. The Hall–Kier alpha value is -7.98. The van der Waals surface area contributed by atoms with Crippen molar-refractivity contribution >= 4 is 44.6 Å². The molecule has 1 aliphatic carbocycles. The fourth-order valence-corrected chi connectivity index (χ4v) is 11.9. The van der Waals surface area contributed by atoms with Gasteiger partial charge in [-0.25, -0.2) is 4.98 Å². The zero-order valence-corrected chi connectivity index (χ0v) is 53.0. The van der Waals surface area contributed by atoms with Gasteiger partial charge in [-0.3, -0.25) is 0 Å². The van der Waals surface area contributed by atoms with Gasteiger partial charge in [0.15, 0.2) is 0 Å². The third kappa shape index (κ3) is 10.7. The molecule has 0 radical (unpaired) electrons. The van der Waals surface area contributed by atoms with Gasteiger partial charge in [-0.2, -0.15) is 12.1 Å². The van der Waals surface area contributed by atoms with E-state index in [9.17, 15) is 9.60 Å². The van der Waals surface area contributed by atoms with Crippen LogP contribution in [0.2, 0.25) is 0 Å². The number of nitrogens with zero attached hydrogens (tertiary/aromatic N) is 4. The van der Waals surface area contributed by atoms with Crippen LogP contribution >= 0.6 is 0 Å². The van der Waals surface area contributed by atoms with E-state index in [1.807, 2.05) is 100 Å². The van der Waals surface area contributed by atoms with Crippen molar-refractivity contribution in [2.24, 2.45) is 0 Å². The Morgan fingerprint density at radius 2 is 1.14 bits per heavy atom. The Kier molecular flexibility index (Phi) is 10.4. The first kappa shape index (κ1) is 41.2. The molecule has 0 saturated carbocycles. The second-order valence-corrected chi connectivity index (χ2v) is 26.8. The first-order valence-corrected chi connectivity index (χ1v) is 28.9. The molecule has 11 aromatic rings. The van der Waals surface area contributed by atoms with Crippen molar-refractivity contribution in [3.63, 3.8) is 0 Å². The predicted octanol–water partition coefficient (Wildman–Crippen LogP) is 21.9. The molecule has 2 aliphatic rings. The normalized spacial score (nSPS) is 17.5. The van der Waals surface area contributed by atoms with Crippen molar-refractivity contribution in [1.29, 1.82) is 0 Å². The largest absolute Gasteiger partial charge is 0.509 e. The molecule has 1 aliphatic heterocycles. The third-order valence-corrected chi connectivity index (χ3v) is 16.7. The molecule has 13 rings (SSSR count). The van der Waals surface area contributed by atoms with Crippen molar-refractivity contribution in [1.82, 2.24) is 9.55 Å². The third-order valence-electron chi connectivity index (χ3n) is 16.7. The summed E-state index contributed by atoms with van der Waals surface area (Å²) in [4.78, 5) is 8.85. The molecule has 9 aromatic carbocycles. The van der Waals surface area contributed by atoms with E-state index in [1.165, 1.54) is 17.3 Å². The van der Waals surface area contributed by atoms with E-state index in [0.717, 1.165) is 29.5 Å². The van der Waals surface area contributed by atoms with Crippen LogP contribution in [0, 0.1) is 18.8 Å². The number of hydrogen-bond acceptors (Lipinski definition) is 4. The number of ether oxygens (including phenoxy) is 1. The minimum atomic E-state index is -0.938. The van der Waals surface area contributed by atoms with E-state index < -0.39 is 88.8 Å². The fourth-order valence-electron chi connectivity index (χ4n) is 11.9. The quantitative estimate of drug-likeness (QED) is 0.135. The Balaban J connectivity index is 0.00001000. The van der Waals surface area contributed by atoms with Crippen LogP contribution in [0.4, 0.5) is 22.7 Å². The molecule has 0 N–H and O–H groups in total. The van der Waals surface area contributed by atoms with E-state index in [1.54, 1.807) is 28.8 Å². The van der Waals surface area contributed by atoms with E-state index in [-0.39, 0.29) is 124 Å². The zero-order valence-electron chi connectivity index (χ0n) is 67.7. The number of rotatable bonds is 9. The van der Waals surface area contributed by atoms with Crippen LogP contribution in [0.1, 0.15) is 154 Å². The molecule has 5 nitrogen and oxygen atoms in total. The predicted molar refractivity (Wildman–Crippen MR) is 357 cm³/mol. The Labute approximate surface area is 548 Å². The molecule has 3 heterocycles. The monoisotopic (exact) mass is 1320 g/mol. The van der Waals surface area contributed by atoms with Gasteiger partial charge in [0.05, 0.1) is 23.3 Å². The van der Waals surface area contributed by atoms with Gasteiger partial charge in [-0.05, 0) is 143 Å². The maximum Gasteiger partial charge on any atom is 0.135 e. The zero-order chi connectivity index (χ0) is 74.2. The molecule has 436 valence electrons. The molecule has 0 spiro atoms. The molecular weight excluding hydrogens is 1230 g/mol. The Morgan fingerprint density at radius 1 is 0.523 bits per heavy atom. The Bertz CT molecular complexity index is 5370. The van der Waals surface area contributed by atoms with Crippen LogP contribution in [-0.4, -0.2) is 9.55 Å². The van der Waals surface area contributed by atoms with Gasteiger partial charge < -0.3 is 19.1 Å². The summed E-state index contributed by atoms with van der Waals surface area (Å²) >= 11 is 0. The van der Waals surface area contributed by atoms with Crippen molar-refractivity contribution in [2.45, 2.75) is 130 Å². The number of fused-ring (bicyclic) bond motifs is 5. The number of para-hydroxylation sites is 3. The van der Waals surface area contributed by atoms with Gasteiger partial charge in [0.2, 0.25) is 0 Å². The molecule has 86 heavy (non-hydrogen) atoms. The van der Waals surface area contributed by atoms with Crippen LogP contribution in [0.5, 0.6) is 11.5 Å². The smallest absolute Gasteiger partial charge is 0.135 e. The molecule has 0 saturated heterocycles. The molecule has 2 aromatic heterocycles. The van der Waals surface area contributed by atoms with E-state index in [2.05, 4.69) is 84.9 Å². The van der Waals surface area contributed by atoms with Gasteiger partial charge in [0.1, 0.15) is 5.82 Å². The fraction of sp³-hybridized carbons (Fsp3) is 0.250. The topological polar surface area (TPSA) is 33.5 Å². The molecular formula is C80H77N4OPt-3. The summed E-state index contributed by atoms with van der Waals surface area (Å²) in [5.41, 5.74) is 6.31. The van der Waals surface area contributed by atoms with Gasteiger partial charge in [-0.15, -0.1) is 48.1 Å². The molecule has 0 atom stereocenters. The molecule has 0 amide bonds. The molecule has 0 bridgehead atoms. The van der Waals surface area contributed by atoms with Crippen LogP contribution in [0.15, 0.2) is 200 Å². The molecule has 0 fully saturated rings. The van der Waals surface area contributed by atoms with Crippen molar-refractivity contribution < 1.29 is 49.1 Å². The second-order valence-electron chi connectivity index (χ2n) is 26.8. The number of benzene rings is 9.